The summed E-state index contributed by atoms with van der Waals surface area (Å²) in [4.78, 5) is 10.8. The van der Waals surface area contributed by atoms with Gasteiger partial charge in [0.05, 0.1) is 0 Å². The molecule has 6 heteroatoms. The fraction of sp³-hybridized carbons (Fsp3) is 0.667. The van der Waals surface area contributed by atoms with Crippen molar-refractivity contribution >= 4 is 27.6 Å². The van der Waals surface area contributed by atoms with Crippen molar-refractivity contribution in [1.29, 1.82) is 0 Å². The number of rotatable bonds is 2. The summed E-state index contributed by atoms with van der Waals surface area (Å²) in [6, 6.07) is 1.25. The lowest BCUT2D eigenvalue weighted by atomic mass is 9.97. The summed E-state index contributed by atoms with van der Waals surface area (Å²) in [6.07, 6.45) is 6.57. The van der Waals surface area contributed by atoms with Crippen LogP contribution in [0.4, 0.5) is 11.6 Å². The van der Waals surface area contributed by atoms with Crippen LogP contribution in [0.15, 0.2) is 10.8 Å². The van der Waals surface area contributed by atoms with Gasteiger partial charge in [0.2, 0.25) is 0 Å². The van der Waals surface area contributed by atoms with Crippen molar-refractivity contribution in [2.75, 3.05) is 24.1 Å². The lowest BCUT2D eigenvalue weighted by molar-refractivity contribution is 0.188. The predicted molar refractivity (Wildman–Crippen MR) is 75.4 cm³/mol. The highest BCUT2D eigenvalue weighted by Gasteiger charge is 2.31. The van der Waals surface area contributed by atoms with E-state index in [-0.39, 0.29) is 0 Å². The third kappa shape index (κ3) is 2.31. The second-order valence-corrected chi connectivity index (χ2v) is 5.91. The first-order valence-corrected chi connectivity index (χ1v) is 7.30. The van der Waals surface area contributed by atoms with Gasteiger partial charge in [-0.25, -0.2) is 9.97 Å². The van der Waals surface area contributed by atoms with Crippen LogP contribution < -0.4 is 11.1 Å². The molecule has 5 nitrogen and oxygen atoms in total. The number of halogens is 1. The minimum Gasteiger partial charge on any atom is -0.383 e. The smallest absolute Gasteiger partial charge is 0.146 e. The molecule has 0 bridgehead atoms. The molecule has 2 saturated heterocycles. The molecule has 0 radical (unpaired) electrons. The number of nitrogens with two attached hydrogens (primary N) is 1. The van der Waals surface area contributed by atoms with Gasteiger partial charge in [0.1, 0.15) is 22.4 Å². The summed E-state index contributed by atoms with van der Waals surface area (Å²) in [5, 5.41) is 3.50. The molecule has 0 aliphatic carbocycles. The van der Waals surface area contributed by atoms with Gasteiger partial charge in [-0.05, 0) is 48.2 Å². The Morgan fingerprint density at radius 3 is 3.11 bits per heavy atom. The van der Waals surface area contributed by atoms with Crippen LogP contribution in [0, 0.1) is 0 Å². The number of nitrogen functional groups attached to an aromatic ring is 1. The Morgan fingerprint density at radius 1 is 1.33 bits per heavy atom. The number of nitrogens with one attached hydrogen (secondary N) is 1. The topological polar surface area (TPSA) is 67.1 Å². The van der Waals surface area contributed by atoms with E-state index in [0.29, 0.717) is 11.9 Å². The van der Waals surface area contributed by atoms with Crippen LogP contribution in [0.5, 0.6) is 0 Å². The van der Waals surface area contributed by atoms with Gasteiger partial charge in [0.15, 0.2) is 0 Å². The van der Waals surface area contributed by atoms with E-state index in [2.05, 4.69) is 36.1 Å². The quantitative estimate of drug-likeness (QED) is 0.872. The second-order valence-electron chi connectivity index (χ2n) is 5.12. The van der Waals surface area contributed by atoms with Gasteiger partial charge >= 0.3 is 0 Å². The van der Waals surface area contributed by atoms with Crippen molar-refractivity contribution in [3.63, 3.8) is 0 Å². The molecule has 18 heavy (non-hydrogen) atoms. The van der Waals surface area contributed by atoms with Crippen molar-refractivity contribution < 1.29 is 0 Å². The van der Waals surface area contributed by atoms with Crippen molar-refractivity contribution in [3.05, 3.63) is 10.8 Å². The molecule has 3 rings (SSSR count). The third-order valence-electron chi connectivity index (χ3n) is 3.98. The molecular formula is C12H18BrN5. The average molecular weight is 312 g/mol. The highest BCUT2D eigenvalue weighted by molar-refractivity contribution is 9.10. The Morgan fingerprint density at radius 2 is 2.22 bits per heavy atom. The molecule has 2 aliphatic rings. The summed E-state index contributed by atoms with van der Waals surface area (Å²) in [5.74, 6) is 1.31. The van der Waals surface area contributed by atoms with Crippen LogP contribution in [0.3, 0.4) is 0 Å². The van der Waals surface area contributed by atoms with Gasteiger partial charge in [-0.2, -0.15) is 0 Å². The molecule has 3 heterocycles. The van der Waals surface area contributed by atoms with E-state index in [4.69, 9.17) is 5.73 Å². The van der Waals surface area contributed by atoms with Crippen LogP contribution in [-0.2, 0) is 0 Å². The van der Waals surface area contributed by atoms with Crippen LogP contribution in [0.2, 0.25) is 0 Å². The van der Waals surface area contributed by atoms with E-state index in [1.54, 1.807) is 0 Å². The zero-order valence-corrected chi connectivity index (χ0v) is 11.9. The number of piperidine rings is 1. The highest BCUT2D eigenvalue weighted by Crippen LogP contribution is 2.30. The molecule has 1 aromatic heterocycles. The molecule has 98 valence electrons. The summed E-state index contributed by atoms with van der Waals surface area (Å²) < 4.78 is 0.777. The molecule has 2 unspecified atom stereocenters. The molecule has 2 aliphatic heterocycles. The minimum absolute atomic E-state index is 0.491. The maximum absolute atomic E-state index is 5.77. The Bertz CT molecular complexity index is 438. The number of hydrogen-bond acceptors (Lipinski definition) is 5. The molecule has 0 saturated carbocycles. The van der Waals surface area contributed by atoms with E-state index in [1.165, 1.54) is 45.1 Å². The highest BCUT2D eigenvalue weighted by atomic mass is 79.9. The van der Waals surface area contributed by atoms with Crippen molar-refractivity contribution in [2.45, 2.75) is 37.8 Å². The van der Waals surface area contributed by atoms with Crippen LogP contribution in [-0.4, -0.2) is 40.0 Å². The van der Waals surface area contributed by atoms with Crippen molar-refractivity contribution in [2.24, 2.45) is 0 Å². The predicted octanol–water partition coefficient (Wildman–Crippen LogP) is 1.86. The number of fused-ring (bicyclic) bond motifs is 1. The summed E-state index contributed by atoms with van der Waals surface area (Å²) in [7, 11) is 0. The molecule has 1 aromatic rings. The van der Waals surface area contributed by atoms with Crippen LogP contribution in [0.1, 0.15) is 25.7 Å². The van der Waals surface area contributed by atoms with Crippen molar-refractivity contribution in [1.82, 2.24) is 14.9 Å². The monoisotopic (exact) mass is 311 g/mol. The summed E-state index contributed by atoms with van der Waals surface area (Å²) in [6.45, 7) is 2.47. The molecule has 0 aromatic carbocycles. The zero-order chi connectivity index (χ0) is 12.5. The fourth-order valence-corrected chi connectivity index (χ4v) is 3.35. The number of anilines is 2. The first-order valence-electron chi connectivity index (χ1n) is 6.50. The van der Waals surface area contributed by atoms with E-state index in [9.17, 15) is 0 Å². The Balaban J connectivity index is 1.68. The maximum Gasteiger partial charge on any atom is 0.146 e. The largest absolute Gasteiger partial charge is 0.383 e. The fourth-order valence-electron chi connectivity index (χ4n) is 3.03. The van der Waals surface area contributed by atoms with Gasteiger partial charge in [0.25, 0.3) is 0 Å². The molecule has 3 N–H and O–H groups in total. The number of aromatic nitrogens is 2. The van der Waals surface area contributed by atoms with Gasteiger partial charge < -0.3 is 16.0 Å². The first-order chi connectivity index (χ1) is 8.74. The summed E-state index contributed by atoms with van der Waals surface area (Å²) >= 11 is 3.44. The average Bonchev–Trinajstić information content (AvgIpc) is 2.82. The van der Waals surface area contributed by atoms with E-state index in [1.807, 2.05) is 0 Å². The molecular weight excluding hydrogens is 294 g/mol. The van der Waals surface area contributed by atoms with Crippen molar-refractivity contribution in [3.8, 4) is 0 Å². The van der Waals surface area contributed by atoms with Crippen LogP contribution in [0.25, 0.3) is 0 Å². The Labute approximate surface area is 115 Å². The van der Waals surface area contributed by atoms with Gasteiger partial charge in [-0.3, -0.25) is 0 Å². The SMILES string of the molecule is Nc1ncnc(NC2CCN3CCCC3C2)c1Br. The minimum atomic E-state index is 0.491. The van der Waals surface area contributed by atoms with Gasteiger partial charge in [-0.1, -0.05) is 0 Å². The molecule has 0 spiro atoms. The lowest BCUT2D eigenvalue weighted by Crippen LogP contribution is -2.42. The molecule has 2 fully saturated rings. The lowest BCUT2D eigenvalue weighted by Gasteiger charge is -2.35. The van der Waals surface area contributed by atoms with E-state index >= 15 is 0 Å². The number of hydrogen-bond donors (Lipinski definition) is 2. The number of nitrogens with zero attached hydrogens (tertiary/aromatic N) is 3. The Kier molecular flexibility index (Phi) is 3.39. The van der Waals surface area contributed by atoms with Crippen LogP contribution >= 0.6 is 15.9 Å². The second kappa shape index (κ2) is 5.01. The normalized spacial score (nSPS) is 28.1. The van der Waals surface area contributed by atoms with Gasteiger partial charge in [0, 0.05) is 18.6 Å². The maximum atomic E-state index is 5.77. The zero-order valence-electron chi connectivity index (χ0n) is 10.3. The standard InChI is InChI=1S/C12H18BrN5/c13-10-11(14)15-7-16-12(10)17-8-3-5-18-4-1-2-9(18)6-8/h7-9H,1-6H2,(H3,14,15,16,17). The van der Waals surface area contributed by atoms with E-state index < -0.39 is 0 Å². The first kappa shape index (κ1) is 12.2. The Hall–Kier alpha value is -0.880. The molecule has 2 atom stereocenters. The van der Waals surface area contributed by atoms with Gasteiger partial charge in [-0.15, -0.1) is 0 Å². The summed E-state index contributed by atoms with van der Waals surface area (Å²) in [5.41, 5.74) is 5.77. The third-order valence-corrected chi connectivity index (χ3v) is 4.76. The molecule has 0 amide bonds. The van der Waals surface area contributed by atoms with E-state index in [0.717, 1.165) is 16.3 Å².